The largest absolute Gasteiger partial charge is 0.435 e. The highest BCUT2D eigenvalue weighted by Gasteiger charge is 2.38. The summed E-state index contributed by atoms with van der Waals surface area (Å²) in [7, 11) is 1.37. The number of benzene rings is 1. The molecule has 0 unspecified atom stereocenters. The first-order valence-corrected chi connectivity index (χ1v) is 8.32. The van der Waals surface area contributed by atoms with Gasteiger partial charge in [0, 0.05) is 17.0 Å². The summed E-state index contributed by atoms with van der Waals surface area (Å²) in [4.78, 5) is 16.0. The number of alkyl halides is 4. The molecule has 2 rings (SSSR count). The van der Waals surface area contributed by atoms with Gasteiger partial charge < -0.3 is 4.84 Å². The minimum absolute atomic E-state index is 0.167. The van der Waals surface area contributed by atoms with Gasteiger partial charge in [0.1, 0.15) is 10.9 Å². The van der Waals surface area contributed by atoms with E-state index in [1.54, 1.807) is 24.3 Å². The van der Waals surface area contributed by atoms with Crippen LogP contribution in [0.25, 0.3) is 0 Å². The molecular formula is C14H10Cl2F3N3O2S. The number of halogens is 5. The van der Waals surface area contributed by atoms with Gasteiger partial charge in [-0.2, -0.15) is 18.3 Å². The van der Waals surface area contributed by atoms with Crippen molar-refractivity contribution in [2.75, 3.05) is 5.88 Å². The second-order valence-corrected chi connectivity index (χ2v) is 6.34. The fourth-order valence-electron chi connectivity index (χ4n) is 1.75. The van der Waals surface area contributed by atoms with Crippen LogP contribution in [-0.2, 0) is 22.9 Å². The Morgan fingerprint density at radius 3 is 2.60 bits per heavy atom. The Labute approximate surface area is 154 Å². The lowest BCUT2D eigenvalue weighted by Crippen LogP contribution is -2.09. The zero-order valence-corrected chi connectivity index (χ0v) is 14.9. The van der Waals surface area contributed by atoms with Crippen molar-refractivity contribution in [3.8, 4) is 0 Å². The summed E-state index contributed by atoms with van der Waals surface area (Å²) in [6, 6.07) is 6.53. The van der Waals surface area contributed by atoms with Crippen LogP contribution in [0.5, 0.6) is 0 Å². The van der Waals surface area contributed by atoms with Crippen LogP contribution in [0, 0.1) is 0 Å². The van der Waals surface area contributed by atoms with Gasteiger partial charge in [0.2, 0.25) is 0 Å². The van der Waals surface area contributed by atoms with E-state index in [1.807, 2.05) is 0 Å². The molecule has 134 valence electrons. The predicted molar refractivity (Wildman–Crippen MR) is 88.2 cm³/mol. The average molecular weight is 412 g/mol. The van der Waals surface area contributed by atoms with Crippen LogP contribution >= 0.6 is 35.0 Å². The molecule has 0 fully saturated rings. The van der Waals surface area contributed by atoms with Crippen molar-refractivity contribution >= 4 is 47.1 Å². The molecule has 0 aliphatic rings. The summed E-state index contributed by atoms with van der Waals surface area (Å²) >= 11 is 12.1. The smallest absolute Gasteiger partial charge is 0.317 e. The maximum atomic E-state index is 13.2. The third kappa shape index (κ3) is 5.13. The Bertz CT molecular complexity index is 792. The van der Waals surface area contributed by atoms with Gasteiger partial charge in [-0.05, 0) is 24.3 Å². The quantitative estimate of drug-likeness (QED) is 0.317. The molecule has 1 aromatic carbocycles. The lowest BCUT2D eigenvalue weighted by molar-refractivity contribution is -0.141. The molecule has 0 radical (unpaired) electrons. The molecule has 1 aromatic heterocycles. The predicted octanol–water partition coefficient (Wildman–Crippen LogP) is 4.36. The van der Waals surface area contributed by atoms with Crippen molar-refractivity contribution < 1.29 is 22.8 Å². The summed E-state index contributed by atoms with van der Waals surface area (Å²) in [5.74, 6) is -1.36. The van der Waals surface area contributed by atoms with Crippen LogP contribution < -0.4 is 0 Å². The highest BCUT2D eigenvalue weighted by atomic mass is 35.5. The van der Waals surface area contributed by atoms with E-state index in [0.717, 1.165) is 22.7 Å². The molecule has 0 amide bonds. The Morgan fingerprint density at radius 2 is 2.04 bits per heavy atom. The fraction of sp³-hybridized carbons (Fsp3) is 0.214. The first-order valence-electron chi connectivity index (χ1n) is 6.59. The van der Waals surface area contributed by atoms with Crippen LogP contribution in [0.1, 0.15) is 11.3 Å². The Morgan fingerprint density at radius 1 is 1.40 bits per heavy atom. The number of oxime groups is 1. The third-order valence-corrected chi connectivity index (χ3v) is 4.43. The van der Waals surface area contributed by atoms with Crippen molar-refractivity contribution in [3.05, 3.63) is 40.5 Å². The normalized spacial score (nSPS) is 11.9. The minimum Gasteiger partial charge on any atom is -0.317 e. The molecule has 0 spiro atoms. The lowest BCUT2D eigenvalue weighted by atomic mass is 10.2. The van der Waals surface area contributed by atoms with Gasteiger partial charge in [0.25, 0.3) is 0 Å². The summed E-state index contributed by atoms with van der Waals surface area (Å²) in [6.45, 7) is 0. The van der Waals surface area contributed by atoms with Crippen LogP contribution in [0.15, 0.2) is 39.3 Å². The zero-order valence-electron chi connectivity index (χ0n) is 12.6. The first kappa shape index (κ1) is 19.6. The summed E-state index contributed by atoms with van der Waals surface area (Å²) in [5.41, 5.74) is -1.46. The van der Waals surface area contributed by atoms with Crippen molar-refractivity contribution in [2.24, 2.45) is 12.2 Å². The highest BCUT2D eigenvalue weighted by Crippen LogP contribution is 2.37. The van der Waals surface area contributed by atoms with Crippen molar-refractivity contribution in [3.63, 3.8) is 0 Å². The van der Waals surface area contributed by atoms with Crippen molar-refractivity contribution in [1.82, 2.24) is 9.78 Å². The summed E-state index contributed by atoms with van der Waals surface area (Å²) < 4.78 is 40.7. The molecule has 25 heavy (non-hydrogen) atoms. The number of rotatable bonds is 5. The van der Waals surface area contributed by atoms with Gasteiger partial charge >= 0.3 is 12.1 Å². The number of nitrogens with zero attached hydrogens (tertiary/aromatic N) is 3. The molecule has 0 N–H and O–H groups in total. The monoisotopic (exact) mass is 411 g/mol. The molecular weight excluding hydrogens is 402 g/mol. The number of aryl methyl sites for hydroxylation is 1. The van der Waals surface area contributed by atoms with E-state index in [9.17, 15) is 18.0 Å². The Balaban J connectivity index is 2.41. The SMILES string of the molecule is Cn1nc(C(F)(F)F)c(/C=N/OC(=O)CCl)c1Sc1ccc(Cl)cc1. The van der Waals surface area contributed by atoms with Crippen molar-refractivity contribution in [1.29, 1.82) is 0 Å². The van der Waals surface area contributed by atoms with Gasteiger partial charge in [0.05, 0.1) is 11.8 Å². The molecule has 11 heteroatoms. The summed E-state index contributed by atoms with van der Waals surface area (Å²) in [5, 5.41) is 7.44. The van der Waals surface area contributed by atoms with E-state index in [1.165, 1.54) is 7.05 Å². The molecule has 0 aliphatic carbocycles. The minimum atomic E-state index is -4.70. The number of carbonyl (C=O) groups excluding carboxylic acids is 1. The van der Waals surface area contributed by atoms with E-state index >= 15 is 0 Å². The Kier molecular flexibility index (Phi) is 6.36. The molecule has 5 nitrogen and oxygen atoms in total. The van der Waals surface area contributed by atoms with E-state index < -0.39 is 23.7 Å². The molecule has 0 atom stereocenters. The zero-order chi connectivity index (χ0) is 18.6. The molecule has 2 aromatic rings. The molecule has 0 saturated carbocycles. The fourth-order valence-corrected chi connectivity index (χ4v) is 2.85. The molecule has 0 saturated heterocycles. The number of hydrogen-bond acceptors (Lipinski definition) is 5. The van der Waals surface area contributed by atoms with Crippen LogP contribution in [-0.4, -0.2) is 27.8 Å². The Hall–Kier alpha value is -1.71. The molecule has 1 heterocycles. The van der Waals surface area contributed by atoms with E-state index in [-0.39, 0.29) is 10.6 Å². The van der Waals surface area contributed by atoms with Crippen LogP contribution in [0.3, 0.4) is 0 Å². The van der Waals surface area contributed by atoms with Gasteiger partial charge in [-0.25, -0.2) is 4.79 Å². The van der Waals surface area contributed by atoms with Gasteiger partial charge in [-0.3, -0.25) is 4.68 Å². The van der Waals surface area contributed by atoms with Crippen LogP contribution in [0.4, 0.5) is 13.2 Å². The van der Waals surface area contributed by atoms with Gasteiger partial charge in [0.15, 0.2) is 5.69 Å². The summed E-state index contributed by atoms with van der Waals surface area (Å²) in [6.07, 6.45) is -3.91. The average Bonchev–Trinajstić information content (AvgIpc) is 2.86. The van der Waals surface area contributed by atoms with E-state index in [0.29, 0.717) is 9.92 Å². The van der Waals surface area contributed by atoms with Crippen molar-refractivity contribution in [2.45, 2.75) is 16.1 Å². The van der Waals surface area contributed by atoms with Crippen LogP contribution in [0.2, 0.25) is 5.02 Å². The van der Waals surface area contributed by atoms with E-state index in [4.69, 9.17) is 23.2 Å². The number of carbonyl (C=O) groups is 1. The molecule has 0 bridgehead atoms. The maximum Gasteiger partial charge on any atom is 0.435 e. The van der Waals surface area contributed by atoms with Gasteiger partial charge in [-0.15, -0.1) is 11.6 Å². The first-order chi connectivity index (χ1) is 11.7. The van der Waals surface area contributed by atoms with E-state index in [2.05, 4.69) is 15.1 Å². The highest BCUT2D eigenvalue weighted by molar-refractivity contribution is 7.99. The maximum absolute atomic E-state index is 13.2. The second kappa shape index (κ2) is 8.11. The topological polar surface area (TPSA) is 56.5 Å². The third-order valence-electron chi connectivity index (χ3n) is 2.77. The number of aromatic nitrogens is 2. The second-order valence-electron chi connectivity index (χ2n) is 4.58. The van der Waals surface area contributed by atoms with Gasteiger partial charge in [-0.1, -0.05) is 28.5 Å². The standard InChI is InChI=1S/C14H10Cl2F3N3O2S/c1-22-13(25-9-4-2-8(16)3-5-9)10(7-20-24-11(23)6-15)12(21-22)14(17,18)19/h2-5,7H,6H2,1H3/b20-7+. The molecule has 0 aliphatic heterocycles. The lowest BCUT2D eigenvalue weighted by Gasteiger charge is -2.05. The number of hydrogen-bond donors (Lipinski definition) is 0.